The standard InChI is InChI=1S/C12H18BrN3O2/c1-4-16(3)8-14-11-7-10(13)12(15-9(11)2)18-6-5-17/h7-8,17H,4-6H2,1-3H3/b14-8+. The Labute approximate surface area is 116 Å². The van der Waals surface area contributed by atoms with E-state index in [0.717, 1.165) is 22.4 Å². The average Bonchev–Trinajstić information content (AvgIpc) is 2.37. The van der Waals surface area contributed by atoms with Crippen molar-refractivity contribution in [1.82, 2.24) is 9.88 Å². The average molecular weight is 316 g/mol. The largest absolute Gasteiger partial charge is 0.474 e. The van der Waals surface area contributed by atoms with Gasteiger partial charge in [-0.1, -0.05) is 0 Å². The van der Waals surface area contributed by atoms with E-state index in [9.17, 15) is 0 Å². The third kappa shape index (κ3) is 4.27. The number of pyridine rings is 1. The van der Waals surface area contributed by atoms with Gasteiger partial charge in [-0.3, -0.25) is 0 Å². The van der Waals surface area contributed by atoms with Gasteiger partial charge < -0.3 is 14.7 Å². The summed E-state index contributed by atoms with van der Waals surface area (Å²) in [6.45, 7) is 5.02. The molecule has 0 saturated carbocycles. The molecular formula is C12H18BrN3O2. The van der Waals surface area contributed by atoms with Crippen molar-refractivity contribution < 1.29 is 9.84 Å². The van der Waals surface area contributed by atoms with E-state index in [1.54, 1.807) is 6.34 Å². The molecule has 1 aromatic rings. The summed E-state index contributed by atoms with van der Waals surface area (Å²) in [6, 6.07) is 1.86. The topological polar surface area (TPSA) is 58.0 Å². The van der Waals surface area contributed by atoms with Crippen molar-refractivity contribution in [3.05, 3.63) is 16.2 Å². The summed E-state index contributed by atoms with van der Waals surface area (Å²) in [5.41, 5.74) is 1.57. The van der Waals surface area contributed by atoms with Crippen LogP contribution in [-0.2, 0) is 0 Å². The molecule has 6 heteroatoms. The molecule has 5 nitrogen and oxygen atoms in total. The van der Waals surface area contributed by atoms with Crippen molar-refractivity contribution in [2.75, 3.05) is 26.8 Å². The van der Waals surface area contributed by atoms with Crippen molar-refractivity contribution in [3.63, 3.8) is 0 Å². The predicted octanol–water partition coefficient (Wildman–Crippen LogP) is 2.14. The second-order valence-corrected chi connectivity index (χ2v) is 4.62. The Kier molecular flexibility index (Phi) is 6.07. The first kappa shape index (κ1) is 14.9. The van der Waals surface area contributed by atoms with Gasteiger partial charge in [0.1, 0.15) is 6.61 Å². The second-order valence-electron chi connectivity index (χ2n) is 3.77. The van der Waals surface area contributed by atoms with Crippen LogP contribution >= 0.6 is 15.9 Å². The number of ether oxygens (including phenoxy) is 1. The van der Waals surface area contributed by atoms with E-state index in [1.165, 1.54) is 0 Å². The van der Waals surface area contributed by atoms with E-state index in [0.29, 0.717) is 5.88 Å². The highest BCUT2D eigenvalue weighted by molar-refractivity contribution is 9.10. The zero-order valence-corrected chi connectivity index (χ0v) is 12.4. The molecule has 0 atom stereocenters. The van der Waals surface area contributed by atoms with Gasteiger partial charge in [0, 0.05) is 13.6 Å². The highest BCUT2D eigenvalue weighted by atomic mass is 79.9. The molecule has 18 heavy (non-hydrogen) atoms. The number of hydrogen-bond donors (Lipinski definition) is 1. The molecule has 1 aromatic heterocycles. The van der Waals surface area contributed by atoms with E-state index in [2.05, 4.69) is 32.8 Å². The molecule has 0 aliphatic carbocycles. The Morgan fingerprint density at radius 2 is 2.33 bits per heavy atom. The number of nitrogens with zero attached hydrogens (tertiary/aromatic N) is 3. The number of hydrogen-bond acceptors (Lipinski definition) is 4. The van der Waals surface area contributed by atoms with Crippen LogP contribution in [0.2, 0.25) is 0 Å². The van der Waals surface area contributed by atoms with Gasteiger partial charge in [0.15, 0.2) is 0 Å². The van der Waals surface area contributed by atoms with Gasteiger partial charge >= 0.3 is 0 Å². The first-order valence-corrected chi connectivity index (χ1v) is 6.53. The van der Waals surface area contributed by atoms with Crippen LogP contribution in [0.3, 0.4) is 0 Å². The summed E-state index contributed by atoms with van der Waals surface area (Å²) in [5, 5.41) is 8.72. The highest BCUT2D eigenvalue weighted by Crippen LogP contribution is 2.29. The van der Waals surface area contributed by atoms with Gasteiger partial charge in [0.2, 0.25) is 5.88 Å². The molecule has 100 valence electrons. The molecule has 0 spiro atoms. The minimum Gasteiger partial charge on any atom is -0.474 e. The number of aliphatic hydroxyl groups is 1. The van der Waals surface area contributed by atoms with E-state index < -0.39 is 0 Å². The summed E-state index contributed by atoms with van der Waals surface area (Å²) in [4.78, 5) is 10.6. The van der Waals surface area contributed by atoms with Crippen molar-refractivity contribution in [2.24, 2.45) is 4.99 Å². The lowest BCUT2D eigenvalue weighted by molar-refractivity contribution is 0.195. The molecule has 0 bridgehead atoms. The third-order valence-electron chi connectivity index (χ3n) is 2.33. The molecule has 0 aromatic carbocycles. The van der Waals surface area contributed by atoms with E-state index in [1.807, 2.05) is 24.9 Å². The fourth-order valence-corrected chi connectivity index (χ4v) is 1.59. The number of rotatable bonds is 6. The zero-order valence-electron chi connectivity index (χ0n) is 10.9. The summed E-state index contributed by atoms with van der Waals surface area (Å²) in [5.74, 6) is 0.476. The van der Waals surface area contributed by atoms with Gasteiger partial charge in [0.25, 0.3) is 0 Å². The van der Waals surface area contributed by atoms with Crippen LogP contribution in [0.15, 0.2) is 15.5 Å². The zero-order chi connectivity index (χ0) is 13.5. The maximum Gasteiger partial charge on any atom is 0.228 e. The Balaban J connectivity index is 2.89. The van der Waals surface area contributed by atoms with Crippen molar-refractivity contribution in [3.8, 4) is 5.88 Å². The number of aryl methyl sites for hydroxylation is 1. The fraction of sp³-hybridized carbons (Fsp3) is 0.500. The van der Waals surface area contributed by atoms with E-state index >= 15 is 0 Å². The molecule has 0 unspecified atom stereocenters. The first-order chi connectivity index (χ1) is 8.58. The smallest absolute Gasteiger partial charge is 0.228 e. The molecule has 0 radical (unpaired) electrons. The Bertz CT molecular complexity index is 424. The minimum atomic E-state index is -0.0334. The van der Waals surface area contributed by atoms with Crippen LogP contribution in [0, 0.1) is 6.92 Å². The van der Waals surface area contributed by atoms with E-state index in [-0.39, 0.29) is 13.2 Å². The second kappa shape index (κ2) is 7.33. The van der Waals surface area contributed by atoms with Gasteiger partial charge in [-0.25, -0.2) is 9.98 Å². The SMILES string of the molecule is CCN(C)/C=N/c1cc(Br)c(OCCO)nc1C. The molecule has 0 amide bonds. The Hall–Kier alpha value is -1.14. The van der Waals surface area contributed by atoms with Crippen molar-refractivity contribution >= 4 is 28.0 Å². The molecule has 0 saturated heterocycles. The number of aromatic nitrogens is 1. The fourth-order valence-electron chi connectivity index (χ4n) is 1.17. The summed E-state index contributed by atoms with van der Waals surface area (Å²) in [6.07, 6.45) is 1.77. The van der Waals surface area contributed by atoms with Gasteiger partial charge in [-0.2, -0.15) is 0 Å². The van der Waals surface area contributed by atoms with Crippen LogP contribution in [0.5, 0.6) is 5.88 Å². The summed E-state index contributed by atoms with van der Waals surface area (Å²) < 4.78 is 6.03. The van der Waals surface area contributed by atoms with Crippen LogP contribution in [0.25, 0.3) is 0 Å². The van der Waals surface area contributed by atoms with Gasteiger partial charge in [0.05, 0.1) is 28.8 Å². The van der Waals surface area contributed by atoms with Crippen LogP contribution in [0.1, 0.15) is 12.6 Å². The molecule has 1 N–H and O–H groups in total. The highest BCUT2D eigenvalue weighted by Gasteiger charge is 2.07. The predicted molar refractivity (Wildman–Crippen MR) is 75.7 cm³/mol. The van der Waals surface area contributed by atoms with Crippen molar-refractivity contribution in [2.45, 2.75) is 13.8 Å². The lowest BCUT2D eigenvalue weighted by atomic mass is 10.3. The van der Waals surface area contributed by atoms with Crippen molar-refractivity contribution in [1.29, 1.82) is 0 Å². The number of aliphatic imine (C=N–C) groups is 1. The van der Waals surface area contributed by atoms with Crippen LogP contribution < -0.4 is 4.74 Å². The molecule has 0 fully saturated rings. The third-order valence-corrected chi connectivity index (χ3v) is 2.90. The molecule has 0 aliphatic heterocycles. The minimum absolute atomic E-state index is 0.0334. The normalized spacial score (nSPS) is 10.9. The van der Waals surface area contributed by atoms with Gasteiger partial charge in [-0.05, 0) is 35.8 Å². The maximum atomic E-state index is 8.72. The monoisotopic (exact) mass is 315 g/mol. The Morgan fingerprint density at radius 1 is 1.61 bits per heavy atom. The molecule has 0 aliphatic rings. The van der Waals surface area contributed by atoms with Crippen LogP contribution in [0.4, 0.5) is 5.69 Å². The number of halogens is 1. The molecule has 1 rings (SSSR count). The van der Waals surface area contributed by atoms with Crippen LogP contribution in [-0.4, -0.2) is 48.1 Å². The summed E-state index contributed by atoms with van der Waals surface area (Å²) >= 11 is 3.38. The number of aliphatic hydroxyl groups excluding tert-OH is 1. The maximum absolute atomic E-state index is 8.72. The Morgan fingerprint density at radius 3 is 2.94 bits per heavy atom. The van der Waals surface area contributed by atoms with Gasteiger partial charge in [-0.15, -0.1) is 0 Å². The lowest BCUT2D eigenvalue weighted by Gasteiger charge is -2.10. The molecular weight excluding hydrogens is 298 g/mol. The molecule has 1 heterocycles. The quantitative estimate of drug-likeness (QED) is 0.645. The lowest BCUT2D eigenvalue weighted by Crippen LogP contribution is -2.14. The first-order valence-electron chi connectivity index (χ1n) is 5.73. The summed E-state index contributed by atoms with van der Waals surface area (Å²) in [7, 11) is 1.96. The van der Waals surface area contributed by atoms with E-state index in [4.69, 9.17) is 9.84 Å².